The van der Waals surface area contributed by atoms with E-state index in [-0.39, 0.29) is 25.8 Å². The van der Waals surface area contributed by atoms with E-state index in [1.165, 1.54) is 31.2 Å². The zero-order valence-electron chi connectivity index (χ0n) is 21.1. The number of carbonyl (C=O) groups excluding carboxylic acids is 4. The Morgan fingerprint density at radius 3 is 2.45 bits per heavy atom. The fourth-order valence-corrected chi connectivity index (χ4v) is 3.94. The Hall–Kier alpha value is -4.54. The summed E-state index contributed by atoms with van der Waals surface area (Å²) in [4.78, 5) is 53.0. The molecule has 2 atom stereocenters. The van der Waals surface area contributed by atoms with E-state index in [2.05, 4.69) is 20.9 Å². The molecule has 0 spiro atoms. The van der Waals surface area contributed by atoms with Crippen LogP contribution in [0.2, 0.25) is 0 Å². The fourth-order valence-electron chi connectivity index (χ4n) is 3.94. The van der Waals surface area contributed by atoms with Crippen LogP contribution >= 0.6 is 0 Å². The van der Waals surface area contributed by atoms with Gasteiger partial charge in [-0.1, -0.05) is 12.1 Å². The molecule has 3 aromatic rings. The maximum absolute atomic E-state index is 13.3. The molecular formula is C27H30FN5O5. The largest absolute Gasteiger partial charge is 0.497 e. The lowest BCUT2D eigenvalue weighted by atomic mass is 10.0. The van der Waals surface area contributed by atoms with E-state index in [1.54, 1.807) is 19.4 Å². The highest BCUT2D eigenvalue weighted by molar-refractivity contribution is 6.26. The number of fused-ring (bicyclic) bond motifs is 1. The van der Waals surface area contributed by atoms with Crippen molar-refractivity contribution in [3.8, 4) is 5.75 Å². The Kier molecular flexibility index (Phi) is 9.69. The molecular weight excluding hydrogens is 493 g/mol. The van der Waals surface area contributed by atoms with Gasteiger partial charge in [0.25, 0.3) is 0 Å². The molecule has 0 aliphatic heterocycles. The van der Waals surface area contributed by atoms with Gasteiger partial charge >= 0.3 is 0 Å². The fraction of sp³-hybridized carbons (Fsp3) is 0.296. The number of aromatic nitrogens is 1. The Morgan fingerprint density at radius 2 is 1.79 bits per heavy atom. The standard InChI is InChI=1S/C27H30FN5O5/c1-16(34)32-25(11-18-15-30-23-10-8-21(38-2)12-22(18)23)27(37)33-24(9-7-20(35)13-29)26(36)31-14-17-3-5-19(28)6-4-17/h3-6,8,10,12-13,15,24-25,29-30H,7,9,11,14H2,1-2H3,(H,31,36)(H,32,34)(H,33,37)/t24-,25-/m0/s1. The first-order valence-corrected chi connectivity index (χ1v) is 12.0. The molecule has 0 radical (unpaired) electrons. The van der Waals surface area contributed by atoms with E-state index < -0.39 is 41.4 Å². The molecule has 3 rings (SSSR count). The molecule has 11 heteroatoms. The van der Waals surface area contributed by atoms with Crippen LogP contribution in [0.5, 0.6) is 5.75 Å². The summed E-state index contributed by atoms with van der Waals surface area (Å²) >= 11 is 0. The summed E-state index contributed by atoms with van der Waals surface area (Å²) in [6.07, 6.45) is 2.34. The highest BCUT2D eigenvalue weighted by atomic mass is 19.1. The molecule has 0 aliphatic carbocycles. The SMILES string of the molecule is COc1ccc2[nH]cc(C[C@H](NC(C)=O)C(=O)N[C@@H](CCC(=O)C=N)C(=O)NCc3ccc(F)cc3)c2c1. The maximum atomic E-state index is 13.3. The molecule has 200 valence electrons. The van der Waals surface area contributed by atoms with Crippen molar-refractivity contribution < 1.29 is 28.3 Å². The monoisotopic (exact) mass is 523 g/mol. The quantitative estimate of drug-likeness (QED) is 0.217. The van der Waals surface area contributed by atoms with Crippen molar-refractivity contribution in [3.63, 3.8) is 0 Å². The van der Waals surface area contributed by atoms with Crippen LogP contribution in [0.15, 0.2) is 48.7 Å². The number of benzene rings is 2. The number of rotatable bonds is 13. The predicted molar refractivity (Wildman–Crippen MR) is 139 cm³/mol. The van der Waals surface area contributed by atoms with Gasteiger partial charge in [0.05, 0.1) is 13.3 Å². The average molecular weight is 524 g/mol. The van der Waals surface area contributed by atoms with Crippen molar-refractivity contribution in [2.45, 2.75) is 44.8 Å². The van der Waals surface area contributed by atoms with E-state index in [0.29, 0.717) is 17.5 Å². The van der Waals surface area contributed by atoms with E-state index in [0.717, 1.165) is 16.5 Å². The number of hydrogen-bond donors (Lipinski definition) is 5. The van der Waals surface area contributed by atoms with E-state index >= 15 is 0 Å². The topological polar surface area (TPSA) is 153 Å². The molecule has 0 unspecified atom stereocenters. The number of H-pyrrole nitrogens is 1. The molecule has 3 amide bonds. The van der Waals surface area contributed by atoms with Crippen LogP contribution < -0.4 is 20.7 Å². The predicted octanol–water partition coefficient (Wildman–Crippen LogP) is 2.16. The van der Waals surface area contributed by atoms with E-state index in [1.807, 2.05) is 12.1 Å². The van der Waals surface area contributed by atoms with Crippen molar-refractivity contribution in [3.05, 3.63) is 65.6 Å². The third-order valence-electron chi connectivity index (χ3n) is 5.95. The van der Waals surface area contributed by atoms with Crippen molar-refractivity contribution in [1.82, 2.24) is 20.9 Å². The summed E-state index contributed by atoms with van der Waals surface area (Å²) in [5, 5.41) is 15.9. The molecule has 0 saturated carbocycles. The molecule has 1 aromatic heterocycles. The number of aromatic amines is 1. The smallest absolute Gasteiger partial charge is 0.243 e. The highest BCUT2D eigenvalue weighted by Gasteiger charge is 2.27. The number of nitrogens with one attached hydrogen (secondary N) is 5. The van der Waals surface area contributed by atoms with Crippen LogP contribution in [-0.2, 0) is 32.1 Å². The lowest BCUT2D eigenvalue weighted by Gasteiger charge is -2.23. The summed E-state index contributed by atoms with van der Waals surface area (Å²) in [6, 6.07) is 8.91. The maximum Gasteiger partial charge on any atom is 0.243 e. The third kappa shape index (κ3) is 7.73. The van der Waals surface area contributed by atoms with Crippen molar-refractivity contribution in [2.75, 3.05) is 7.11 Å². The second kappa shape index (κ2) is 13.1. The summed E-state index contributed by atoms with van der Waals surface area (Å²) in [5.74, 6) is -1.87. The van der Waals surface area contributed by atoms with Gasteiger partial charge in [0.15, 0.2) is 5.78 Å². The minimum absolute atomic E-state index is 0.0493. The molecule has 5 N–H and O–H groups in total. The Balaban J connectivity index is 1.77. The third-order valence-corrected chi connectivity index (χ3v) is 5.95. The van der Waals surface area contributed by atoms with Crippen LogP contribution in [0.1, 0.15) is 30.9 Å². The van der Waals surface area contributed by atoms with Crippen molar-refractivity contribution in [1.29, 1.82) is 5.41 Å². The van der Waals surface area contributed by atoms with Crippen LogP contribution in [0.4, 0.5) is 4.39 Å². The van der Waals surface area contributed by atoms with Gasteiger partial charge < -0.3 is 31.1 Å². The van der Waals surface area contributed by atoms with Gasteiger partial charge in [0, 0.05) is 43.4 Å². The zero-order valence-corrected chi connectivity index (χ0v) is 21.1. The van der Waals surface area contributed by atoms with Crippen LogP contribution in [0.25, 0.3) is 10.9 Å². The van der Waals surface area contributed by atoms with Gasteiger partial charge in [-0.25, -0.2) is 4.39 Å². The van der Waals surface area contributed by atoms with Crippen LogP contribution in [-0.4, -0.2) is 53.9 Å². The number of carbonyl (C=O) groups is 4. The molecule has 38 heavy (non-hydrogen) atoms. The van der Waals surface area contributed by atoms with E-state index in [9.17, 15) is 23.6 Å². The molecule has 10 nitrogen and oxygen atoms in total. The van der Waals surface area contributed by atoms with E-state index in [4.69, 9.17) is 10.1 Å². The minimum atomic E-state index is -1.11. The molecule has 0 fully saturated rings. The number of halogens is 1. The van der Waals surface area contributed by atoms with Crippen LogP contribution in [0.3, 0.4) is 0 Å². The minimum Gasteiger partial charge on any atom is -0.497 e. The number of amides is 3. The summed E-state index contributed by atoms with van der Waals surface area (Å²) in [6.45, 7) is 1.37. The first-order chi connectivity index (χ1) is 18.2. The van der Waals surface area contributed by atoms with Gasteiger partial charge in [-0.2, -0.15) is 0 Å². The molecule has 0 aliphatic rings. The van der Waals surface area contributed by atoms with Gasteiger partial charge in [0.2, 0.25) is 17.7 Å². The highest BCUT2D eigenvalue weighted by Crippen LogP contribution is 2.24. The van der Waals surface area contributed by atoms with Crippen LogP contribution in [0, 0.1) is 11.2 Å². The van der Waals surface area contributed by atoms with Gasteiger partial charge in [0.1, 0.15) is 23.7 Å². The lowest BCUT2D eigenvalue weighted by Crippen LogP contribution is -2.54. The van der Waals surface area contributed by atoms with Crippen molar-refractivity contribution >= 4 is 40.6 Å². The summed E-state index contributed by atoms with van der Waals surface area (Å²) < 4.78 is 18.5. The zero-order chi connectivity index (χ0) is 27.7. The van der Waals surface area contributed by atoms with Gasteiger partial charge in [-0.05, 0) is 47.9 Å². The number of hydrogen-bond acceptors (Lipinski definition) is 6. The normalized spacial score (nSPS) is 12.3. The lowest BCUT2D eigenvalue weighted by molar-refractivity contribution is -0.132. The van der Waals surface area contributed by atoms with Gasteiger partial charge in [-0.15, -0.1) is 0 Å². The molecule has 2 aromatic carbocycles. The Labute approximate surface area is 218 Å². The second-order valence-electron chi connectivity index (χ2n) is 8.74. The number of methoxy groups -OCH3 is 1. The van der Waals surface area contributed by atoms with Gasteiger partial charge in [-0.3, -0.25) is 19.2 Å². The number of ether oxygens (including phenoxy) is 1. The Bertz CT molecular complexity index is 1320. The Morgan fingerprint density at radius 1 is 1.05 bits per heavy atom. The first-order valence-electron chi connectivity index (χ1n) is 12.0. The number of ketones is 1. The molecule has 0 saturated heterocycles. The average Bonchev–Trinajstić information content (AvgIpc) is 3.31. The second-order valence-corrected chi connectivity index (χ2v) is 8.74. The number of Topliss-reactive ketones (excluding diaryl/α,β-unsaturated/α-hetero) is 1. The molecule has 1 heterocycles. The summed E-state index contributed by atoms with van der Waals surface area (Å²) in [7, 11) is 1.55. The van der Waals surface area contributed by atoms with Crippen molar-refractivity contribution in [2.24, 2.45) is 0 Å². The summed E-state index contributed by atoms with van der Waals surface area (Å²) in [5.41, 5.74) is 2.22. The molecule has 0 bridgehead atoms. The first kappa shape index (κ1) is 28.0.